The summed E-state index contributed by atoms with van der Waals surface area (Å²) in [7, 11) is 0. The second-order valence-electron chi connectivity index (χ2n) is 4.28. The minimum absolute atomic E-state index is 0.439. The lowest BCUT2D eigenvalue weighted by atomic mass is 10.2. The zero-order valence-electron chi connectivity index (χ0n) is 11.0. The molecule has 0 unspecified atom stereocenters. The second-order valence-corrected chi connectivity index (χ2v) is 6.17. The van der Waals surface area contributed by atoms with Crippen molar-refractivity contribution < 1.29 is 31.4 Å². The highest BCUT2D eigenvalue weighted by Gasteiger charge is 2.36. The first-order chi connectivity index (χ1) is 10.8. The molecular formula is C11H5Cl2F6N3OS. The topological polar surface area (TPSA) is 64.1 Å². The third kappa shape index (κ3) is 3.78. The zero-order chi connectivity index (χ0) is 18.4. The number of benzene rings is 1. The zero-order valence-corrected chi connectivity index (χ0v) is 13.3. The van der Waals surface area contributed by atoms with Crippen molar-refractivity contribution in [2.24, 2.45) is 0 Å². The first-order valence-electron chi connectivity index (χ1n) is 5.71. The number of nitrogens with zero attached hydrogens (tertiary/aromatic N) is 2. The van der Waals surface area contributed by atoms with Crippen molar-refractivity contribution in [2.45, 2.75) is 16.6 Å². The van der Waals surface area contributed by atoms with Gasteiger partial charge in [0, 0.05) is 0 Å². The summed E-state index contributed by atoms with van der Waals surface area (Å²) in [6.45, 7) is 0. The Labute approximate surface area is 144 Å². The van der Waals surface area contributed by atoms with E-state index in [1.807, 2.05) is 0 Å². The molecule has 0 aliphatic rings. The van der Waals surface area contributed by atoms with Crippen LogP contribution in [0.4, 0.5) is 32.2 Å². The highest BCUT2D eigenvalue weighted by molar-refractivity contribution is 8.00. The molecule has 0 fully saturated rings. The Hall–Kier alpha value is -1.46. The van der Waals surface area contributed by atoms with Gasteiger partial charge >= 0.3 is 11.7 Å². The molecule has 0 aliphatic heterocycles. The average molecular weight is 412 g/mol. The normalized spacial score (nSPS) is 12.7. The third-order valence-corrected chi connectivity index (χ3v) is 4.02. The summed E-state index contributed by atoms with van der Waals surface area (Å²) in [6.07, 6.45) is -4.74. The molecule has 24 heavy (non-hydrogen) atoms. The van der Waals surface area contributed by atoms with E-state index in [0.717, 1.165) is 0 Å². The van der Waals surface area contributed by atoms with Crippen LogP contribution in [-0.2, 0) is 6.18 Å². The molecule has 2 aromatic rings. The molecule has 13 heteroatoms. The number of rotatable bonds is 2. The molecule has 2 rings (SSSR count). The van der Waals surface area contributed by atoms with Crippen molar-refractivity contribution in [1.29, 1.82) is 0 Å². The van der Waals surface area contributed by atoms with Crippen molar-refractivity contribution in [3.8, 4) is 11.6 Å². The van der Waals surface area contributed by atoms with Gasteiger partial charge in [0.15, 0.2) is 5.82 Å². The molecule has 0 saturated heterocycles. The van der Waals surface area contributed by atoms with Gasteiger partial charge in [0.05, 0.1) is 15.6 Å². The van der Waals surface area contributed by atoms with Crippen molar-refractivity contribution in [3.05, 3.63) is 27.7 Å². The van der Waals surface area contributed by atoms with Gasteiger partial charge in [-0.15, -0.1) is 5.10 Å². The third-order valence-electron chi connectivity index (χ3n) is 2.62. The highest BCUT2D eigenvalue weighted by atomic mass is 35.5. The summed E-state index contributed by atoms with van der Waals surface area (Å²) >= 11 is 10.7. The maximum atomic E-state index is 12.7. The van der Waals surface area contributed by atoms with Gasteiger partial charge in [0.25, 0.3) is 0 Å². The Bertz CT molecular complexity index is 766. The number of thioether (sulfide) groups is 1. The second kappa shape index (κ2) is 6.12. The van der Waals surface area contributed by atoms with E-state index in [0.29, 0.717) is 16.8 Å². The lowest BCUT2D eigenvalue weighted by Gasteiger charge is -2.13. The number of alkyl halides is 6. The molecule has 0 saturated carbocycles. The van der Waals surface area contributed by atoms with Gasteiger partial charge in [-0.05, 0) is 23.9 Å². The SMILES string of the molecule is Nc1nn(-c2c(Cl)cc(C(F)(F)F)cc2Cl)c(O)c1SC(F)(F)F. The minimum atomic E-state index is -4.77. The number of halogens is 8. The quantitative estimate of drug-likeness (QED) is 0.533. The Balaban J connectivity index is 2.60. The molecule has 0 bridgehead atoms. The highest BCUT2D eigenvalue weighted by Crippen LogP contribution is 2.46. The van der Waals surface area contributed by atoms with E-state index in [2.05, 4.69) is 5.10 Å². The summed E-state index contributed by atoms with van der Waals surface area (Å²) < 4.78 is 75.8. The smallest absolute Gasteiger partial charge is 0.446 e. The Kier molecular flexibility index (Phi) is 4.81. The summed E-state index contributed by atoms with van der Waals surface area (Å²) in [6, 6.07) is 0.993. The lowest BCUT2D eigenvalue weighted by molar-refractivity contribution is -0.137. The van der Waals surface area contributed by atoms with E-state index in [-0.39, 0.29) is 0 Å². The number of nitrogen functional groups attached to an aromatic ring is 1. The van der Waals surface area contributed by atoms with Crippen LogP contribution >= 0.6 is 35.0 Å². The van der Waals surface area contributed by atoms with E-state index in [9.17, 15) is 31.4 Å². The predicted molar refractivity (Wildman–Crippen MR) is 76.6 cm³/mol. The fourth-order valence-corrected chi connectivity index (χ4v) is 2.91. The molecule has 1 aromatic carbocycles. The molecule has 0 atom stereocenters. The maximum absolute atomic E-state index is 12.7. The number of hydrogen-bond donors (Lipinski definition) is 2. The van der Waals surface area contributed by atoms with Gasteiger partial charge < -0.3 is 10.8 Å². The predicted octanol–water partition coefficient (Wildman–Crippen LogP) is 5.10. The number of aromatic nitrogens is 2. The van der Waals surface area contributed by atoms with Crippen LogP contribution in [0.15, 0.2) is 17.0 Å². The lowest BCUT2D eigenvalue weighted by Crippen LogP contribution is -2.07. The van der Waals surface area contributed by atoms with Gasteiger partial charge in [-0.1, -0.05) is 23.2 Å². The van der Waals surface area contributed by atoms with E-state index in [1.165, 1.54) is 0 Å². The van der Waals surface area contributed by atoms with E-state index in [1.54, 1.807) is 0 Å². The van der Waals surface area contributed by atoms with Crippen LogP contribution in [0.1, 0.15) is 5.56 Å². The summed E-state index contributed by atoms with van der Waals surface area (Å²) in [5.41, 5.74) is -1.08. The first kappa shape index (κ1) is 18.9. The monoisotopic (exact) mass is 411 g/mol. The van der Waals surface area contributed by atoms with E-state index < -0.39 is 61.3 Å². The number of aromatic hydroxyl groups is 1. The molecule has 3 N–H and O–H groups in total. The van der Waals surface area contributed by atoms with Crippen LogP contribution in [-0.4, -0.2) is 20.4 Å². The van der Waals surface area contributed by atoms with Gasteiger partial charge in [0.1, 0.15) is 10.6 Å². The molecule has 1 aromatic heterocycles. The Morgan fingerprint density at radius 1 is 1.08 bits per heavy atom. The standard InChI is InChI=1S/C11H5Cl2F6N3OS/c12-4-1-3(10(14,15)16)2-5(13)6(4)22-9(23)7(8(20)21-22)24-11(17,18)19/h1-2,23H,(H2,20,21). The van der Waals surface area contributed by atoms with E-state index in [4.69, 9.17) is 28.9 Å². The van der Waals surface area contributed by atoms with E-state index >= 15 is 0 Å². The molecule has 0 aliphatic carbocycles. The Morgan fingerprint density at radius 3 is 2.00 bits per heavy atom. The fourth-order valence-electron chi connectivity index (χ4n) is 1.71. The maximum Gasteiger partial charge on any atom is 0.446 e. The van der Waals surface area contributed by atoms with Gasteiger partial charge in [-0.3, -0.25) is 0 Å². The minimum Gasteiger partial charge on any atom is -0.492 e. The van der Waals surface area contributed by atoms with Crippen LogP contribution in [0.2, 0.25) is 10.0 Å². The number of hydrogen-bond acceptors (Lipinski definition) is 4. The van der Waals surface area contributed by atoms with Crippen LogP contribution in [0.5, 0.6) is 5.88 Å². The van der Waals surface area contributed by atoms with Crippen LogP contribution in [0, 0.1) is 0 Å². The van der Waals surface area contributed by atoms with Crippen LogP contribution in [0.25, 0.3) is 5.69 Å². The number of anilines is 1. The average Bonchev–Trinajstić information content (AvgIpc) is 2.63. The molecule has 1 heterocycles. The van der Waals surface area contributed by atoms with Gasteiger partial charge in [-0.2, -0.15) is 31.0 Å². The molecule has 132 valence electrons. The summed E-state index contributed by atoms with van der Waals surface area (Å²) in [4.78, 5) is -0.825. The van der Waals surface area contributed by atoms with Crippen LogP contribution < -0.4 is 5.73 Å². The van der Waals surface area contributed by atoms with Gasteiger partial charge in [-0.25, -0.2) is 0 Å². The summed E-state index contributed by atoms with van der Waals surface area (Å²) in [5.74, 6) is -1.75. The molecule has 0 spiro atoms. The molecule has 0 radical (unpaired) electrons. The molecule has 4 nitrogen and oxygen atoms in total. The van der Waals surface area contributed by atoms with Crippen molar-refractivity contribution in [2.75, 3.05) is 5.73 Å². The fraction of sp³-hybridized carbons (Fsp3) is 0.182. The van der Waals surface area contributed by atoms with Crippen LogP contribution in [0.3, 0.4) is 0 Å². The molecule has 0 amide bonds. The van der Waals surface area contributed by atoms with Crippen molar-refractivity contribution >= 4 is 40.8 Å². The Morgan fingerprint density at radius 2 is 1.58 bits per heavy atom. The molecular weight excluding hydrogens is 407 g/mol. The summed E-state index contributed by atoms with van der Waals surface area (Å²) in [5, 5.41) is 12.1. The van der Waals surface area contributed by atoms with Gasteiger partial charge in [0.2, 0.25) is 5.88 Å². The first-order valence-corrected chi connectivity index (χ1v) is 7.28. The van der Waals surface area contributed by atoms with Crippen molar-refractivity contribution in [3.63, 3.8) is 0 Å². The number of nitrogens with two attached hydrogens (primary N) is 1. The largest absolute Gasteiger partial charge is 0.492 e. The van der Waals surface area contributed by atoms with Crippen molar-refractivity contribution in [1.82, 2.24) is 9.78 Å².